The Hall–Kier alpha value is -1.10. The first-order valence-corrected chi connectivity index (χ1v) is 6.21. The summed E-state index contributed by atoms with van der Waals surface area (Å²) in [5.74, 6) is -1.57. The molecule has 1 unspecified atom stereocenters. The molecule has 4 N–H and O–H groups in total. The third-order valence-corrected chi connectivity index (χ3v) is 2.65. The maximum absolute atomic E-state index is 10.3. The van der Waals surface area contributed by atoms with E-state index in [0.717, 1.165) is 44.9 Å². The lowest BCUT2D eigenvalue weighted by Crippen LogP contribution is -2.23. The number of nitrogens with two attached hydrogens (primary N) is 1. The van der Waals surface area contributed by atoms with Gasteiger partial charge in [-0.25, -0.2) is 0 Å². The van der Waals surface area contributed by atoms with Crippen molar-refractivity contribution in [3.63, 3.8) is 0 Å². The fourth-order valence-electron chi connectivity index (χ4n) is 1.72. The van der Waals surface area contributed by atoms with Crippen molar-refractivity contribution >= 4 is 11.9 Å². The average Bonchev–Trinajstić information content (AvgIpc) is 2.20. The number of carbonyl (C=O) groups is 2. The predicted molar refractivity (Wildman–Crippen MR) is 64.8 cm³/mol. The third-order valence-electron chi connectivity index (χ3n) is 2.65. The molecule has 0 amide bonds. The Bertz CT molecular complexity index is 231. The van der Waals surface area contributed by atoms with E-state index in [-0.39, 0.29) is 18.9 Å². The van der Waals surface area contributed by atoms with Gasteiger partial charge in [0.15, 0.2) is 0 Å². The van der Waals surface area contributed by atoms with Gasteiger partial charge in [0, 0.05) is 12.5 Å². The van der Waals surface area contributed by atoms with Crippen LogP contribution in [0.1, 0.15) is 57.8 Å². The number of unbranched alkanes of at least 4 members (excludes halogenated alkanes) is 5. The number of hydrogen-bond acceptors (Lipinski definition) is 3. The molecule has 17 heavy (non-hydrogen) atoms. The molecule has 0 heterocycles. The fraction of sp³-hybridized carbons (Fsp3) is 0.833. The molecule has 0 bridgehead atoms. The molecule has 0 radical (unpaired) electrons. The van der Waals surface area contributed by atoms with Crippen molar-refractivity contribution in [2.45, 2.75) is 63.8 Å². The van der Waals surface area contributed by atoms with Gasteiger partial charge in [-0.05, 0) is 12.8 Å². The number of carboxylic acids is 2. The molecule has 100 valence electrons. The Kier molecular flexibility index (Phi) is 9.43. The van der Waals surface area contributed by atoms with Crippen LogP contribution < -0.4 is 5.73 Å². The summed E-state index contributed by atoms with van der Waals surface area (Å²) in [4.78, 5) is 20.6. The van der Waals surface area contributed by atoms with Crippen molar-refractivity contribution in [2.24, 2.45) is 5.73 Å². The van der Waals surface area contributed by atoms with Gasteiger partial charge in [0.25, 0.3) is 0 Å². The normalized spacial score (nSPS) is 12.3. The van der Waals surface area contributed by atoms with Crippen molar-refractivity contribution in [2.75, 3.05) is 0 Å². The molecule has 0 aliphatic rings. The molecular formula is C12H23NO4. The van der Waals surface area contributed by atoms with E-state index in [4.69, 9.17) is 15.9 Å². The average molecular weight is 245 g/mol. The van der Waals surface area contributed by atoms with Crippen LogP contribution in [0, 0.1) is 0 Å². The highest BCUT2D eigenvalue weighted by Crippen LogP contribution is 2.10. The minimum absolute atomic E-state index is 0.0403. The molecule has 0 aliphatic heterocycles. The summed E-state index contributed by atoms with van der Waals surface area (Å²) < 4.78 is 0. The Labute approximate surface area is 102 Å². The lowest BCUT2D eigenvalue weighted by molar-refractivity contribution is -0.138. The first-order chi connectivity index (χ1) is 8.02. The number of aliphatic carboxylic acids is 2. The zero-order chi connectivity index (χ0) is 13.1. The van der Waals surface area contributed by atoms with E-state index in [1.807, 2.05) is 0 Å². The largest absolute Gasteiger partial charge is 0.481 e. The van der Waals surface area contributed by atoms with Crippen molar-refractivity contribution in [1.82, 2.24) is 0 Å². The molecule has 0 spiro atoms. The number of hydrogen-bond donors (Lipinski definition) is 3. The van der Waals surface area contributed by atoms with E-state index in [1.165, 1.54) is 0 Å². The maximum atomic E-state index is 10.3. The number of carboxylic acid groups (broad SMARTS) is 2. The highest BCUT2D eigenvalue weighted by atomic mass is 16.4. The molecule has 1 atom stereocenters. The summed E-state index contributed by atoms with van der Waals surface area (Å²) in [6.07, 6.45) is 6.85. The van der Waals surface area contributed by atoms with Crippen LogP contribution in [0.2, 0.25) is 0 Å². The molecule has 0 aromatic heterocycles. The maximum Gasteiger partial charge on any atom is 0.304 e. The summed E-state index contributed by atoms with van der Waals surface area (Å²) in [6.45, 7) is 0. The molecule has 0 aliphatic carbocycles. The summed E-state index contributed by atoms with van der Waals surface area (Å²) in [5.41, 5.74) is 5.62. The highest BCUT2D eigenvalue weighted by Gasteiger charge is 2.06. The second-order valence-corrected chi connectivity index (χ2v) is 4.41. The van der Waals surface area contributed by atoms with Gasteiger partial charge in [-0.1, -0.05) is 32.1 Å². The first kappa shape index (κ1) is 15.9. The summed E-state index contributed by atoms with van der Waals surface area (Å²) in [7, 11) is 0. The lowest BCUT2D eigenvalue weighted by atomic mass is 10.0. The molecule has 0 aromatic rings. The standard InChI is InChI=1S/C12H23NO4/c13-10(9-12(16)17)7-5-3-1-2-4-6-8-11(14)15/h10H,1-9,13H2,(H,14,15)(H,16,17). The van der Waals surface area contributed by atoms with E-state index in [2.05, 4.69) is 0 Å². The van der Waals surface area contributed by atoms with Crippen molar-refractivity contribution in [3.8, 4) is 0 Å². The molecular weight excluding hydrogens is 222 g/mol. The van der Waals surface area contributed by atoms with E-state index in [1.54, 1.807) is 0 Å². The van der Waals surface area contributed by atoms with Crippen LogP contribution in [0.4, 0.5) is 0 Å². The minimum Gasteiger partial charge on any atom is -0.481 e. The van der Waals surface area contributed by atoms with Gasteiger partial charge in [-0.15, -0.1) is 0 Å². The van der Waals surface area contributed by atoms with Gasteiger partial charge >= 0.3 is 11.9 Å². The summed E-state index contributed by atoms with van der Waals surface area (Å²) in [5, 5.41) is 16.9. The quantitative estimate of drug-likeness (QED) is 0.483. The van der Waals surface area contributed by atoms with Crippen LogP contribution >= 0.6 is 0 Å². The fourth-order valence-corrected chi connectivity index (χ4v) is 1.72. The second-order valence-electron chi connectivity index (χ2n) is 4.41. The summed E-state index contributed by atoms with van der Waals surface area (Å²) >= 11 is 0. The molecule has 5 heteroatoms. The monoisotopic (exact) mass is 245 g/mol. The zero-order valence-electron chi connectivity index (χ0n) is 10.2. The van der Waals surface area contributed by atoms with Crippen LogP contribution in [0.15, 0.2) is 0 Å². The molecule has 0 rings (SSSR count). The van der Waals surface area contributed by atoms with Gasteiger partial charge in [-0.3, -0.25) is 9.59 Å². The van der Waals surface area contributed by atoms with Crippen LogP contribution in [0.25, 0.3) is 0 Å². The molecule has 0 saturated heterocycles. The second kappa shape index (κ2) is 10.1. The van der Waals surface area contributed by atoms with Crippen LogP contribution in [-0.2, 0) is 9.59 Å². The van der Waals surface area contributed by atoms with Gasteiger partial charge < -0.3 is 15.9 Å². The first-order valence-electron chi connectivity index (χ1n) is 6.21. The Morgan fingerprint density at radius 1 is 0.882 bits per heavy atom. The van der Waals surface area contributed by atoms with E-state index in [0.29, 0.717) is 0 Å². The van der Waals surface area contributed by atoms with Crippen molar-refractivity contribution in [3.05, 3.63) is 0 Å². The van der Waals surface area contributed by atoms with Gasteiger partial charge in [0.2, 0.25) is 0 Å². The smallest absolute Gasteiger partial charge is 0.304 e. The molecule has 5 nitrogen and oxygen atoms in total. The SMILES string of the molecule is NC(CCCCCCCCC(=O)O)CC(=O)O. The summed E-state index contributed by atoms with van der Waals surface area (Å²) in [6, 6.07) is -0.237. The lowest BCUT2D eigenvalue weighted by Gasteiger charge is -2.07. The Morgan fingerprint density at radius 3 is 1.94 bits per heavy atom. The van der Waals surface area contributed by atoms with Crippen molar-refractivity contribution < 1.29 is 19.8 Å². The molecule has 0 saturated carbocycles. The predicted octanol–water partition coefficient (Wildman–Crippen LogP) is 1.99. The topological polar surface area (TPSA) is 101 Å². The number of rotatable bonds is 11. The Morgan fingerprint density at radius 2 is 1.41 bits per heavy atom. The molecule has 0 fully saturated rings. The van der Waals surface area contributed by atoms with Gasteiger partial charge in [-0.2, -0.15) is 0 Å². The van der Waals surface area contributed by atoms with Crippen LogP contribution in [0.3, 0.4) is 0 Å². The van der Waals surface area contributed by atoms with Gasteiger partial charge in [0.1, 0.15) is 0 Å². The van der Waals surface area contributed by atoms with Crippen LogP contribution in [0.5, 0.6) is 0 Å². The van der Waals surface area contributed by atoms with E-state index >= 15 is 0 Å². The van der Waals surface area contributed by atoms with E-state index < -0.39 is 11.9 Å². The van der Waals surface area contributed by atoms with Gasteiger partial charge in [0.05, 0.1) is 6.42 Å². The Balaban J connectivity index is 3.18. The zero-order valence-corrected chi connectivity index (χ0v) is 10.2. The minimum atomic E-state index is -0.842. The highest BCUT2D eigenvalue weighted by molar-refractivity contribution is 5.67. The van der Waals surface area contributed by atoms with Crippen molar-refractivity contribution in [1.29, 1.82) is 0 Å². The third kappa shape index (κ3) is 12.8. The van der Waals surface area contributed by atoms with Crippen LogP contribution in [-0.4, -0.2) is 28.2 Å². The van der Waals surface area contributed by atoms with E-state index in [9.17, 15) is 9.59 Å². The molecule has 0 aromatic carbocycles.